The molecule has 4 unspecified atom stereocenters. The molecule has 4 atom stereocenters. The molecule has 3 heteroatoms. The summed E-state index contributed by atoms with van der Waals surface area (Å²) >= 11 is 0. The summed E-state index contributed by atoms with van der Waals surface area (Å²) in [6.07, 6.45) is 2.44. The Hall–Kier alpha value is -0.570. The average Bonchev–Trinajstić information content (AvgIpc) is 2.58. The third-order valence-electron chi connectivity index (χ3n) is 3.53. The van der Waals surface area contributed by atoms with Gasteiger partial charge in [0.2, 0.25) is 0 Å². The highest BCUT2D eigenvalue weighted by Crippen LogP contribution is 2.49. The van der Waals surface area contributed by atoms with Crippen LogP contribution in [0.5, 0.6) is 0 Å². The minimum Gasteiger partial charge on any atom is -0.460 e. The number of hydrogen-bond acceptors (Lipinski definition) is 3. The van der Waals surface area contributed by atoms with E-state index in [9.17, 15) is 9.90 Å². The van der Waals surface area contributed by atoms with Gasteiger partial charge in [-0.1, -0.05) is 0 Å². The van der Waals surface area contributed by atoms with Crippen molar-refractivity contribution in [2.24, 2.45) is 17.8 Å². The van der Waals surface area contributed by atoms with Crippen LogP contribution in [0, 0.1) is 17.8 Å². The number of aliphatic hydroxyl groups excluding tert-OH is 1. The van der Waals surface area contributed by atoms with E-state index in [1.165, 1.54) is 0 Å². The molecular weight excluding hydrogens is 192 g/mol. The van der Waals surface area contributed by atoms with Crippen molar-refractivity contribution in [2.45, 2.75) is 51.7 Å². The summed E-state index contributed by atoms with van der Waals surface area (Å²) in [4.78, 5) is 11.9. The van der Waals surface area contributed by atoms with Crippen LogP contribution in [-0.2, 0) is 9.53 Å². The lowest BCUT2D eigenvalue weighted by Crippen LogP contribution is -2.33. The van der Waals surface area contributed by atoms with E-state index in [-0.39, 0.29) is 18.0 Å². The molecule has 0 spiro atoms. The topological polar surface area (TPSA) is 46.5 Å². The first-order valence-corrected chi connectivity index (χ1v) is 5.78. The molecule has 0 radical (unpaired) electrons. The van der Waals surface area contributed by atoms with E-state index < -0.39 is 5.60 Å². The fourth-order valence-electron chi connectivity index (χ4n) is 2.91. The van der Waals surface area contributed by atoms with Gasteiger partial charge >= 0.3 is 5.97 Å². The fourth-order valence-corrected chi connectivity index (χ4v) is 2.91. The standard InChI is InChI=1S/C12H20O3/c1-12(2,3)15-11(14)9-5-8-4-7(9)6-10(8)13/h7-10,13H,4-6H2,1-3H3. The molecule has 0 saturated heterocycles. The van der Waals surface area contributed by atoms with E-state index in [4.69, 9.17) is 4.74 Å². The molecule has 15 heavy (non-hydrogen) atoms. The zero-order valence-corrected chi connectivity index (χ0v) is 9.69. The normalized spacial score (nSPS) is 39.5. The van der Waals surface area contributed by atoms with E-state index in [0.29, 0.717) is 11.8 Å². The summed E-state index contributed by atoms with van der Waals surface area (Å²) in [6, 6.07) is 0. The molecule has 2 bridgehead atoms. The molecule has 2 aliphatic rings. The Morgan fingerprint density at radius 1 is 1.20 bits per heavy atom. The Labute approximate surface area is 90.8 Å². The number of rotatable bonds is 1. The van der Waals surface area contributed by atoms with E-state index in [2.05, 4.69) is 0 Å². The van der Waals surface area contributed by atoms with Crippen LogP contribution in [0.15, 0.2) is 0 Å². The lowest BCUT2D eigenvalue weighted by molar-refractivity contribution is -0.162. The third kappa shape index (κ3) is 2.17. The number of esters is 1. The minimum atomic E-state index is -0.391. The first kappa shape index (κ1) is 10.9. The quantitative estimate of drug-likeness (QED) is 0.673. The molecule has 1 N–H and O–H groups in total. The number of fused-ring (bicyclic) bond motifs is 2. The van der Waals surface area contributed by atoms with Crippen molar-refractivity contribution in [1.82, 2.24) is 0 Å². The second kappa shape index (κ2) is 3.48. The van der Waals surface area contributed by atoms with Crippen LogP contribution in [0.3, 0.4) is 0 Å². The highest BCUT2D eigenvalue weighted by atomic mass is 16.6. The van der Waals surface area contributed by atoms with Gasteiger partial charge in [0.25, 0.3) is 0 Å². The van der Waals surface area contributed by atoms with Gasteiger partial charge in [-0.25, -0.2) is 0 Å². The van der Waals surface area contributed by atoms with Gasteiger partial charge in [-0.15, -0.1) is 0 Å². The van der Waals surface area contributed by atoms with Gasteiger partial charge in [-0.05, 0) is 51.9 Å². The second-order valence-electron chi connectivity index (χ2n) is 5.93. The van der Waals surface area contributed by atoms with Crippen LogP contribution >= 0.6 is 0 Å². The van der Waals surface area contributed by atoms with Gasteiger partial charge in [-0.2, -0.15) is 0 Å². The summed E-state index contributed by atoms with van der Waals surface area (Å²) in [5, 5.41) is 9.60. The Morgan fingerprint density at radius 2 is 1.87 bits per heavy atom. The first-order valence-electron chi connectivity index (χ1n) is 5.78. The maximum Gasteiger partial charge on any atom is 0.309 e. The number of hydrogen-bond donors (Lipinski definition) is 1. The lowest BCUT2D eigenvalue weighted by atomic mass is 9.87. The molecule has 3 nitrogen and oxygen atoms in total. The Morgan fingerprint density at radius 3 is 2.27 bits per heavy atom. The van der Waals surface area contributed by atoms with Crippen LogP contribution in [0.25, 0.3) is 0 Å². The van der Waals surface area contributed by atoms with E-state index in [0.717, 1.165) is 19.3 Å². The summed E-state index contributed by atoms with van der Waals surface area (Å²) in [5.41, 5.74) is -0.391. The zero-order valence-electron chi connectivity index (χ0n) is 9.69. The van der Waals surface area contributed by atoms with Gasteiger partial charge in [0, 0.05) is 0 Å². The Kier molecular flexibility index (Phi) is 2.53. The predicted octanol–water partition coefficient (Wildman–Crippen LogP) is 1.74. The van der Waals surface area contributed by atoms with Crippen LogP contribution in [0.4, 0.5) is 0 Å². The number of carbonyl (C=O) groups is 1. The first-order chi connectivity index (χ1) is 6.87. The number of carbonyl (C=O) groups excluding carboxylic acids is 1. The highest BCUT2D eigenvalue weighted by Gasteiger charge is 2.49. The van der Waals surface area contributed by atoms with Crippen molar-refractivity contribution in [1.29, 1.82) is 0 Å². The summed E-state index contributed by atoms with van der Waals surface area (Å²) in [7, 11) is 0. The lowest BCUT2D eigenvalue weighted by Gasteiger charge is -2.27. The predicted molar refractivity (Wildman–Crippen MR) is 56.2 cm³/mol. The van der Waals surface area contributed by atoms with Crippen LogP contribution in [-0.4, -0.2) is 22.8 Å². The van der Waals surface area contributed by atoms with Crippen molar-refractivity contribution < 1.29 is 14.6 Å². The molecule has 2 fully saturated rings. The highest BCUT2D eigenvalue weighted by molar-refractivity contribution is 5.74. The van der Waals surface area contributed by atoms with Crippen molar-refractivity contribution in [3.05, 3.63) is 0 Å². The van der Waals surface area contributed by atoms with Crippen LogP contribution < -0.4 is 0 Å². The molecule has 2 aliphatic carbocycles. The van der Waals surface area contributed by atoms with Gasteiger partial charge in [0.1, 0.15) is 5.60 Å². The summed E-state index contributed by atoms with van der Waals surface area (Å²) in [6.45, 7) is 5.69. The summed E-state index contributed by atoms with van der Waals surface area (Å²) < 4.78 is 5.39. The zero-order chi connectivity index (χ0) is 11.2. The minimum absolute atomic E-state index is 0.0395. The molecule has 0 heterocycles. The van der Waals surface area contributed by atoms with E-state index in [1.54, 1.807) is 0 Å². The fraction of sp³-hybridized carbons (Fsp3) is 0.917. The molecule has 0 aromatic rings. The average molecular weight is 212 g/mol. The van der Waals surface area contributed by atoms with Crippen LogP contribution in [0.2, 0.25) is 0 Å². The van der Waals surface area contributed by atoms with Gasteiger partial charge in [-0.3, -0.25) is 4.79 Å². The molecule has 2 rings (SSSR count). The molecule has 2 saturated carbocycles. The molecule has 0 aromatic carbocycles. The van der Waals surface area contributed by atoms with Crippen LogP contribution in [0.1, 0.15) is 40.0 Å². The third-order valence-corrected chi connectivity index (χ3v) is 3.53. The SMILES string of the molecule is CC(C)(C)OC(=O)C1CC2CC1CC2O. The molecular formula is C12H20O3. The molecule has 0 amide bonds. The maximum atomic E-state index is 11.9. The molecule has 0 aliphatic heterocycles. The summed E-state index contributed by atoms with van der Waals surface area (Å²) in [5.74, 6) is 0.673. The van der Waals surface area contributed by atoms with E-state index in [1.807, 2.05) is 20.8 Å². The maximum absolute atomic E-state index is 11.9. The Balaban J connectivity index is 1.94. The molecule has 0 aromatic heterocycles. The van der Waals surface area contributed by atoms with Crippen molar-refractivity contribution in [2.75, 3.05) is 0 Å². The molecule has 86 valence electrons. The largest absolute Gasteiger partial charge is 0.460 e. The van der Waals surface area contributed by atoms with Crippen molar-refractivity contribution in [3.63, 3.8) is 0 Å². The monoisotopic (exact) mass is 212 g/mol. The second-order valence-corrected chi connectivity index (χ2v) is 5.93. The van der Waals surface area contributed by atoms with Gasteiger partial charge < -0.3 is 9.84 Å². The van der Waals surface area contributed by atoms with Gasteiger partial charge in [0.15, 0.2) is 0 Å². The number of aliphatic hydroxyl groups is 1. The van der Waals surface area contributed by atoms with E-state index >= 15 is 0 Å². The van der Waals surface area contributed by atoms with Crippen molar-refractivity contribution in [3.8, 4) is 0 Å². The number of ether oxygens (including phenoxy) is 1. The van der Waals surface area contributed by atoms with Gasteiger partial charge in [0.05, 0.1) is 12.0 Å². The Bertz CT molecular complexity index is 265. The smallest absolute Gasteiger partial charge is 0.309 e. The van der Waals surface area contributed by atoms with Crippen molar-refractivity contribution >= 4 is 5.97 Å².